The molecule has 0 aliphatic heterocycles. The van der Waals surface area contributed by atoms with Gasteiger partial charge >= 0.3 is 0 Å². The third-order valence-electron chi connectivity index (χ3n) is 5.54. The third kappa shape index (κ3) is 7.40. The van der Waals surface area contributed by atoms with Gasteiger partial charge in [-0.1, -0.05) is 23.7 Å². The normalized spacial score (nSPS) is 11.2. The van der Waals surface area contributed by atoms with Gasteiger partial charge < -0.3 is 14.4 Å². The number of nitrogens with one attached hydrogen (secondary N) is 1. The molecule has 0 bridgehead atoms. The maximum Gasteiger partial charge on any atom is 0.299 e. The molecule has 2 amide bonds. The molecule has 0 atom stereocenters. The molecule has 0 aliphatic carbocycles. The van der Waals surface area contributed by atoms with Crippen LogP contribution in [0.2, 0.25) is 5.02 Å². The summed E-state index contributed by atoms with van der Waals surface area (Å²) in [5.74, 6) is -0.948. The highest BCUT2D eigenvalue weighted by Crippen LogP contribution is 2.30. The molecule has 1 aromatic heterocycles. The molecular weight excluding hydrogens is 559 g/mol. The van der Waals surface area contributed by atoms with Crippen LogP contribution in [0.15, 0.2) is 35.7 Å². The summed E-state index contributed by atoms with van der Waals surface area (Å²) in [6, 6.07) is 7.92. The Labute approximate surface area is 228 Å². The van der Waals surface area contributed by atoms with Crippen LogP contribution in [0.1, 0.15) is 43.4 Å². The number of benzene rings is 2. The second-order valence-electron chi connectivity index (χ2n) is 8.15. The number of hydrogen-bond acceptors (Lipinski definition) is 8. The van der Waals surface area contributed by atoms with E-state index in [0.29, 0.717) is 40.5 Å². The fraction of sp³-hybridized carbons (Fsp3) is 0.292. The van der Waals surface area contributed by atoms with Crippen LogP contribution in [-0.2, 0) is 23.2 Å². The quantitative estimate of drug-likeness (QED) is 0.351. The van der Waals surface area contributed by atoms with Crippen LogP contribution >= 0.6 is 22.9 Å². The van der Waals surface area contributed by atoms with Crippen molar-refractivity contribution in [2.75, 3.05) is 20.8 Å². The summed E-state index contributed by atoms with van der Waals surface area (Å²) >= 11 is 6.95. The number of hydrogen-bond donors (Lipinski definition) is 2. The number of aryl methyl sites for hydroxylation is 1. The molecule has 0 radical (unpaired) electrons. The van der Waals surface area contributed by atoms with Crippen molar-refractivity contribution in [2.45, 2.75) is 26.3 Å². The Kier molecular flexibility index (Phi) is 9.66. The maximum absolute atomic E-state index is 14.4. The molecule has 0 saturated carbocycles. The lowest BCUT2D eigenvalue weighted by Gasteiger charge is -2.23. The molecule has 3 N–H and O–H groups in total. The monoisotopic (exact) mass is 584 g/mol. The fourth-order valence-electron chi connectivity index (χ4n) is 3.68. The number of halogens is 2. The molecule has 204 valence electrons. The van der Waals surface area contributed by atoms with E-state index in [1.54, 1.807) is 35.9 Å². The number of carbonyl (C=O) groups excluding carboxylic acids is 2. The minimum atomic E-state index is -4.26. The first kappa shape index (κ1) is 29.3. The summed E-state index contributed by atoms with van der Waals surface area (Å²) in [4.78, 5) is 31.3. The minimum absolute atomic E-state index is 0.00267. The number of nitrogens with two attached hydrogens (primary N) is 1. The Morgan fingerprint density at radius 1 is 1.21 bits per heavy atom. The molecule has 0 saturated heterocycles. The van der Waals surface area contributed by atoms with E-state index < -0.39 is 21.9 Å². The third-order valence-corrected chi connectivity index (χ3v) is 7.13. The number of aromatic nitrogens is 1. The van der Waals surface area contributed by atoms with Crippen molar-refractivity contribution in [3.05, 3.63) is 73.9 Å². The van der Waals surface area contributed by atoms with Crippen molar-refractivity contribution >= 4 is 45.0 Å². The highest BCUT2D eigenvalue weighted by atomic mass is 35.5. The molecule has 38 heavy (non-hydrogen) atoms. The lowest BCUT2D eigenvalue weighted by Crippen LogP contribution is -2.36. The summed E-state index contributed by atoms with van der Waals surface area (Å²) in [6.45, 7) is 2.01. The van der Waals surface area contributed by atoms with Gasteiger partial charge in [-0.3, -0.25) is 9.59 Å². The van der Waals surface area contributed by atoms with Crippen molar-refractivity contribution in [2.24, 2.45) is 5.14 Å². The Bertz CT molecular complexity index is 1420. The Morgan fingerprint density at radius 2 is 1.87 bits per heavy atom. The number of rotatable bonds is 11. The van der Waals surface area contributed by atoms with Gasteiger partial charge in [0.1, 0.15) is 28.0 Å². The van der Waals surface area contributed by atoms with E-state index in [4.69, 9.17) is 26.2 Å². The van der Waals surface area contributed by atoms with Gasteiger partial charge in [0.25, 0.3) is 22.0 Å². The summed E-state index contributed by atoms with van der Waals surface area (Å²) in [6.07, 6.45) is 0.712. The second kappa shape index (κ2) is 12.5. The second-order valence-corrected chi connectivity index (χ2v) is 10.8. The number of amides is 2. The van der Waals surface area contributed by atoms with Crippen molar-refractivity contribution in [1.82, 2.24) is 14.6 Å². The molecule has 1 heterocycles. The van der Waals surface area contributed by atoms with Gasteiger partial charge in [0.2, 0.25) is 0 Å². The molecule has 3 aromatic rings. The standard InChI is InChI=1S/C24H26ClFN4O6S2/c1-14-19(35-2)10-16(11-20(14)36-3)24(32)30(9-5-7-15-6-4-8-17(25)22(15)26)12-21-28-18(13-37-21)23(31)29-38(27,33)34/h4,6,8,10-11,13H,5,7,9,12H2,1-3H3,(H,29,31)(H2,27,33,34). The van der Waals surface area contributed by atoms with E-state index in [-0.39, 0.29) is 29.7 Å². The zero-order chi connectivity index (χ0) is 28.0. The molecular formula is C24H26ClFN4O6S2. The highest BCUT2D eigenvalue weighted by Gasteiger charge is 2.22. The van der Waals surface area contributed by atoms with Gasteiger partial charge in [-0.25, -0.2) is 19.2 Å². The number of thiazole rings is 1. The van der Waals surface area contributed by atoms with Crippen molar-refractivity contribution in [1.29, 1.82) is 0 Å². The van der Waals surface area contributed by atoms with Crippen molar-refractivity contribution in [3.63, 3.8) is 0 Å². The van der Waals surface area contributed by atoms with Crippen LogP contribution in [0.5, 0.6) is 11.5 Å². The van der Waals surface area contributed by atoms with Gasteiger partial charge in [0.05, 0.1) is 25.8 Å². The van der Waals surface area contributed by atoms with Gasteiger partial charge in [-0.15, -0.1) is 11.3 Å². The zero-order valence-electron chi connectivity index (χ0n) is 20.8. The van der Waals surface area contributed by atoms with Crippen LogP contribution in [0, 0.1) is 12.7 Å². The molecule has 0 spiro atoms. The summed E-state index contributed by atoms with van der Waals surface area (Å²) in [5.41, 5.74) is 1.27. The topological polar surface area (TPSA) is 141 Å². The number of ether oxygens (including phenoxy) is 2. The van der Waals surface area contributed by atoms with Gasteiger partial charge in [-0.05, 0) is 43.5 Å². The lowest BCUT2D eigenvalue weighted by atomic mass is 10.1. The maximum atomic E-state index is 14.4. The van der Waals surface area contributed by atoms with E-state index in [2.05, 4.69) is 4.98 Å². The van der Waals surface area contributed by atoms with Gasteiger partial charge in [0, 0.05) is 23.1 Å². The number of methoxy groups -OCH3 is 2. The largest absolute Gasteiger partial charge is 0.496 e. The van der Waals surface area contributed by atoms with E-state index in [1.165, 1.54) is 30.6 Å². The predicted octanol–water partition coefficient (Wildman–Crippen LogP) is 3.47. The van der Waals surface area contributed by atoms with Gasteiger partial charge in [0.15, 0.2) is 0 Å². The van der Waals surface area contributed by atoms with Crippen LogP contribution in [0.3, 0.4) is 0 Å². The van der Waals surface area contributed by atoms with E-state index >= 15 is 0 Å². The average molecular weight is 585 g/mol. The first-order valence-corrected chi connectivity index (χ1v) is 14.0. The summed E-state index contributed by atoms with van der Waals surface area (Å²) in [7, 11) is -1.29. The molecule has 14 heteroatoms. The van der Waals surface area contributed by atoms with Crippen molar-refractivity contribution in [3.8, 4) is 11.5 Å². The van der Waals surface area contributed by atoms with Crippen LogP contribution < -0.4 is 19.3 Å². The predicted molar refractivity (Wildman–Crippen MR) is 141 cm³/mol. The number of carbonyl (C=O) groups is 2. The molecule has 2 aromatic carbocycles. The summed E-state index contributed by atoms with van der Waals surface area (Å²) in [5, 5.41) is 6.60. The highest BCUT2D eigenvalue weighted by molar-refractivity contribution is 7.87. The Balaban J connectivity index is 1.87. The average Bonchev–Trinajstić information content (AvgIpc) is 3.33. The number of nitrogens with zero attached hydrogens (tertiary/aromatic N) is 2. The minimum Gasteiger partial charge on any atom is -0.496 e. The van der Waals surface area contributed by atoms with E-state index in [1.807, 2.05) is 0 Å². The van der Waals surface area contributed by atoms with Crippen LogP contribution in [0.4, 0.5) is 4.39 Å². The van der Waals surface area contributed by atoms with Crippen LogP contribution in [-0.4, -0.2) is 50.9 Å². The molecule has 0 aliphatic rings. The molecule has 0 fully saturated rings. The SMILES string of the molecule is COc1cc(C(=O)N(CCCc2cccc(Cl)c2F)Cc2nc(C(=O)NS(N)(=O)=O)cs2)cc(OC)c1C. The van der Waals surface area contributed by atoms with E-state index in [0.717, 1.165) is 16.9 Å². The van der Waals surface area contributed by atoms with Gasteiger partial charge in [-0.2, -0.15) is 8.42 Å². The van der Waals surface area contributed by atoms with E-state index in [9.17, 15) is 22.4 Å². The van der Waals surface area contributed by atoms with Crippen LogP contribution in [0.25, 0.3) is 0 Å². The first-order valence-electron chi connectivity index (χ1n) is 11.2. The lowest BCUT2D eigenvalue weighted by molar-refractivity contribution is 0.0740. The molecule has 0 unspecified atom stereocenters. The smallest absolute Gasteiger partial charge is 0.299 e. The first-order chi connectivity index (χ1) is 17.9. The Morgan fingerprint density at radius 3 is 2.47 bits per heavy atom. The molecule has 10 nitrogen and oxygen atoms in total. The fourth-order valence-corrected chi connectivity index (χ4v) is 5.02. The Hall–Kier alpha value is -3.26. The molecule has 3 rings (SSSR count). The van der Waals surface area contributed by atoms with Crippen molar-refractivity contribution < 1.29 is 31.9 Å². The zero-order valence-corrected chi connectivity index (χ0v) is 23.2. The summed E-state index contributed by atoms with van der Waals surface area (Å²) < 4.78 is 49.1.